The fraction of sp³-hybridized carbons (Fsp3) is 0.200. The van der Waals surface area contributed by atoms with E-state index in [0.717, 1.165) is 16.0 Å². The van der Waals surface area contributed by atoms with E-state index in [2.05, 4.69) is 18.5 Å². The number of nitrogens with one attached hydrogen (secondary N) is 1. The Labute approximate surface area is 186 Å². The van der Waals surface area contributed by atoms with Gasteiger partial charge in [0.05, 0.1) is 6.61 Å². The van der Waals surface area contributed by atoms with Crippen molar-refractivity contribution in [3.8, 4) is 11.5 Å². The summed E-state index contributed by atoms with van der Waals surface area (Å²) in [6.07, 6.45) is 5.32. The van der Waals surface area contributed by atoms with Crippen molar-refractivity contribution in [2.75, 3.05) is 13.2 Å². The molecule has 1 aliphatic heterocycles. The van der Waals surface area contributed by atoms with Gasteiger partial charge in [-0.3, -0.25) is 9.69 Å². The number of nitrogens with zero attached hydrogens (tertiary/aromatic N) is 1. The van der Waals surface area contributed by atoms with Gasteiger partial charge in [0.1, 0.15) is 18.1 Å². The van der Waals surface area contributed by atoms with Crippen molar-refractivity contribution >= 4 is 18.0 Å². The highest BCUT2D eigenvalue weighted by Gasteiger charge is 2.32. The second-order valence-corrected chi connectivity index (χ2v) is 7.04. The number of urea groups is 1. The summed E-state index contributed by atoms with van der Waals surface area (Å²) in [6, 6.07) is 9.19. The van der Waals surface area contributed by atoms with Gasteiger partial charge in [-0.25, -0.2) is 9.18 Å². The molecule has 32 heavy (non-hydrogen) atoms. The lowest BCUT2D eigenvalue weighted by atomic mass is 10.0. The van der Waals surface area contributed by atoms with Crippen LogP contribution in [0.1, 0.15) is 23.6 Å². The lowest BCUT2D eigenvalue weighted by Gasteiger charge is -2.17. The van der Waals surface area contributed by atoms with Gasteiger partial charge in [0.2, 0.25) is 0 Å². The first kappa shape index (κ1) is 22.8. The normalized spacial score (nSPS) is 14.4. The Bertz CT molecular complexity index is 1060. The molecule has 3 amide bonds. The van der Waals surface area contributed by atoms with E-state index in [4.69, 9.17) is 9.47 Å². The number of hydrogen-bond acceptors (Lipinski definition) is 4. The van der Waals surface area contributed by atoms with Crippen LogP contribution in [0.15, 0.2) is 67.4 Å². The molecule has 0 spiro atoms. The van der Waals surface area contributed by atoms with E-state index < -0.39 is 11.9 Å². The van der Waals surface area contributed by atoms with E-state index in [1.807, 2.05) is 13.0 Å². The maximum Gasteiger partial charge on any atom is 0.329 e. The number of carbonyl (C=O) groups is 2. The number of allylic oxidation sites excluding steroid dienone is 1. The van der Waals surface area contributed by atoms with Crippen LogP contribution in [0.2, 0.25) is 0 Å². The van der Waals surface area contributed by atoms with Gasteiger partial charge in [0, 0.05) is 12.1 Å². The second kappa shape index (κ2) is 10.4. The van der Waals surface area contributed by atoms with Gasteiger partial charge >= 0.3 is 6.03 Å². The maximum atomic E-state index is 13.2. The van der Waals surface area contributed by atoms with Crippen molar-refractivity contribution in [2.45, 2.75) is 20.0 Å². The molecule has 1 N–H and O–H groups in total. The molecule has 0 bridgehead atoms. The Balaban J connectivity index is 1.94. The minimum atomic E-state index is -0.489. The van der Waals surface area contributed by atoms with Crippen molar-refractivity contribution in [2.24, 2.45) is 0 Å². The summed E-state index contributed by atoms with van der Waals surface area (Å²) in [5.74, 6) is 0.317. The molecule has 3 rings (SSSR count). The second-order valence-electron chi connectivity index (χ2n) is 7.04. The van der Waals surface area contributed by atoms with Crippen molar-refractivity contribution in [1.29, 1.82) is 0 Å². The van der Waals surface area contributed by atoms with E-state index >= 15 is 0 Å². The third-order valence-electron chi connectivity index (χ3n) is 4.70. The molecule has 1 heterocycles. The van der Waals surface area contributed by atoms with Crippen LogP contribution < -0.4 is 14.8 Å². The van der Waals surface area contributed by atoms with Crippen LogP contribution >= 0.6 is 0 Å². The molecule has 0 atom stereocenters. The number of amides is 3. The molecule has 1 aliphatic rings. The fourth-order valence-electron chi connectivity index (χ4n) is 3.27. The molecule has 0 aromatic heterocycles. The number of halogens is 1. The topological polar surface area (TPSA) is 67.9 Å². The fourth-order valence-corrected chi connectivity index (χ4v) is 3.27. The zero-order valence-electron chi connectivity index (χ0n) is 17.9. The molecule has 1 saturated heterocycles. The number of imide groups is 1. The molecule has 0 aliphatic carbocycles. The molecule has 2 aromatic carbocycles. The quantitative estimate of drug-likeness (QED) is 0.336. The van der Waals surface area contributed by atoms with Crippen molar-refractivity contribution in [1.82, 2.24) is 10.2 Å². The van der Waals surface area contributed by atoms with E-state index in [1.54, 1.807) is 30.4 Å². The van der Waals surface area contributed by atoms with Crippen molar-refractivity contribution in [3.05, 3.63) is 89.9 Å². The Hall–Kier alpha value is -3.87. The maximum absolute atomic E-state index is 13.2. The first-order chi connectivity index (χ1) is 15.5. The number of carbonyl (C=O) groups excluding carboxylic acids is 2. The van der Waals surface area contributed by atoms with E-state index in [-0.39, 0.29) is 24.7 Å². The summed E-state index contributed by atoms with van der Waals surface area (Å²) in [6.45, 7) is 10.00. The minimum Gasteiger partial charge on any atom is -0.490 e. The summed E-state index contributed by atoms with van der Waals surface area (Å²) >= 11 is 0. The summed E-state index contributed by atoms with van der Waals surface area (Å²) in [5.41, 5.74) is 2.46. The highest BCUT2D eigenvalue weighted by molar-refractivity contribution is 6.14. The molecule has 2 aromatic rings. The van der Waals surface area contributed by atoms with Gasteiger partial charge in [-0.15, -0.1) is 13.2 Å². The largest absolute Gasteiger partial charge is 0.490 e. The lowest BCUT2D eigenvalue weighted by molar-refractivity contribution is -0.122. The van der Waals surface area contributed by atoms with E-state index in [9.17, 15) is 14.0 Å². The van der Waals surface area contributed by atoms with E-state index in [0.29, 0.717) is 30.1 Å². The highest BCUT2D eigenvalue weighted by Crippen LogP contribution is 2.35. The van der Waals surface area contributed by atoms with Gasteiger partial charge < -0.3 is 14.8 Å². The molecule has 7 heteroatoms. The Kier molecular flexibility index (Phi) is 7.44. The number of benzene rings is 2. The number of hydrogen-bond donors (Lipinski definition) is 1. The molecule has 1 fully saturated rings. The van der Waals surface area contributed by atoms with Crippen LogP contribution in [-0.4, -0.2) is 30.0 Å². The van der Waals surface area contributed by atoms with Crippen LogP contribution in [0, 0.1) is 5.82 Å². The number of ether oxygens (including phenoxy) is 2. The monoisotopic (exact) mass is 436 g/mol. The lowest BCUT2D eigenvalue weighted by Crippen LogP contribution is -2.30. The average Bonchev–Trinajstić information content (AvgIpc) is 3.02. The number of rotatable bonds is 10. The van der Waals surface area contributed by atoms with Crippen molar-refractivity contribution < 1.29 is 23.5 Å². The molecule has 6 nitrogen and oxygen atoms in total. The summed E-state index contributed by atoms with van der Waals surface area (Å²) in [7, 11) is 0. The van der Waals surface area contributed by atoms with Gasteiger partial charge in [-0.1, -0.05) is 24.3 Å². The summed E-state index contributed by atoms with van der Waals surface area (Å²) in [4.78, 5) is 25.6. The Morgan fingerprint density at radius 2 is 1.84 bits per heavy atom. The van der Waals surface area contributed by atoms with Crippen LogP contribution in [0.5, 0.6) is 11.5 Å². The zero-order valence-corrected chi connectivity index (χ0v) is 17.9. The molecule has 0 saturated carbocycles. The smallest absolute Gasteiger partial charge is 0.329 e. The van der Waals surface area contributed by atoms with Gasteiger partial charge in [-0.2, -0.15) is 0 Å². The first-order valence-corrected chi connectivity index (χ1v) is 10.2. The first-order valence-electron chi connectivity index (χ1n) is 10.2. The highest BCUT2D eigenvalue weighted by atomic mass is 19.1. The van der Waals surface area contributed by atoms with Crippen LogP contribution in [0.3, 0.4) is 0 Å². The predicted octanol–water partition coefficient (Wildman–Crippen LogP) is 4.61. The van der Waals surface area contributed by atoms with Gasteiger partial charge in [0.25, 0.3) is 5.91 Å². The molecule has 0 unspecified atom stereocenters. The van der Waals surface area contributed by atoms with Crippen molar-refractivity contribution in [3.63, 3.8) is 0 Å². The van der Waals surface area contributed by atoms with Crippen LogP contribution in [-0.2, 0) is 17.8 Å². The molecule has 166 valence electrons. The van der Waals surface area contributed by atoms with E-state index in [1.165, 1.54) is 18.2 Å². The van der Waals surface area contributed by atoms with Gasteiger partial charge in [-0.05, 0) is 54.8 Å². The van der Waals surface area contributed by atoms with Crippen LogP contribution in [0.25, 0.3) is 6.08 Å². The third kappa shape index (κ3) is 5.24. The minimum absolute atomic E-state index is 0.129. The Morgan fingerprint density at radius 3 is 2.50 bits per heavy atom. The third-order valence-corrected chi connectivity index (χ3v) is 4.70. The molecular formula is C25H25FN2O4. The van der Waals surface area contributed by atoms with Crippen LogP contribution in [0.4, 0.5) is 9.18 Å². The summed E-state index contributed by atoms with van der Waals surface area (Å²) in [5, 5.41) is 2.58. The predicted molar refractivity (Wildman–Crippen MR) is 121 cm³/mol. The Morgan fingerprint density at radius 1 is 1.09 bits per heavy atom. The standard InChI is InChI=1S/C25H25FN2O4/c1-4-7-19-13-18(14-21-24(29)28(12-5-2)25(30)27-21)15-22(31-6-3)23(19)32-16-17-8-10-20(26)11-9-17/h4-5,8-11,13-15H,1-2,6-7,12,16H2,3H3,(H,27,30)/b21-14+. The average molecular weight is 436 g/mol. The molecular weight excluding hydrogens is 411 g/mol. The van der Waals surface area contributed by atoms with Gasteiger partial charge in [0.15, 0.2) is 11.5 Å². The zero-order chi connectivity index (χ0) is 23.1. The molecule has 0 radical (unpaired) electrons. The SMILES string of the molecule is C=CCc1cc(/C=C2/NC(=O)N(CC=C)C2=O)cc(OCC)c1OCc1ccc(F)cc1. The summed E-state index contributed by atoms with van der Waals surface area (Å²) < 4.78 is 25.0.